The molecule has 1 N–H and O–H groups in total. The molecule has 2 aromatic carbocycles. The normalized spacial score (nSPS) is 15.0. The maximum atomic E-state index is 12.7. The van der Waals surface area contributed by atoms with Crippen LogP contribution in [-0.4, -0.2) is 42.7 Å². The van der Waals surface area contributed by atoms with Gasteiger partial charge >= 0.3 is 0 Å². The number of amides is 3. The van der Waals surface area contributed by atoms with Gasteiger partial charge in [-0.3, -0.25) is 19.3 Å². The zero-order chi connectivity index (χ0) is 21.0. The molecule has 9 heteroatoms. The van der Waals surface area contributed by atoms with Gasteiger partial charge in [0.25, 0.3) is 11.1 Å². The van der Waals surface area contributed by atoms with Crippen LogP contribution in [-0.2, 0) is 9.59 Å². The standard InChI is InChI=1S/C20H17ClN2O5S/c1-27-15-5-3-4-12(18(15)28-2)10-16-19(25)23(20(26)29-16)11-17(24)22-14-8-6-13(21)7-9-14/h3-10H,11H2,1-2H3,(H,22,24)/b16-10+. The number of benzene rings is 2. The molecule has 1 heterocycles. The molecule has 1 saturated heterocycles. The van der Waals surface area contributed by atoms with E-state index in [1.54, 1.807) is 48.5 Å². The van der Waals surface area contributed by atoms with Gasteiger partial charge in [-0.05, 0) is 48.2 Å². The third-order valence-electron chi connectivity index (χ3n) is 4.02. The van der Waals surface area contributed by atoms with Crippen molar-refractivity contribution < 1.29 is 23.9 Å². The number of imide groups is 1. The fraction of sp³-hybridized carbons (Fsp3) is 0.150. The van der Waals surface area contributed by atoms with Crippen molar-refractivity contribution in [2.24, 2.45) is 0 Å². The van der Waals surface area contributed by atoms with Crippen LogP contribution in [0, 0.1) is 0 Å². The fourth-order valence-electron chi connectivity index (χ4n) is 2.68. The molecular weight excluding hydrogens is 416 g/mol. The second kappa shape index (κ2) is 9.02. The molecule has 29 heavy (non-hydrogen) atoms. The monoisotopic (exact) mass is 432 g/mol. The van der Waals surface area contributed by atoms with Crippen LogP contribution in [0.1, 0.15) is 5.56 Å². The van der Waals surface area contributed by atoms with E-state index in [1.165, 1.54) is 14.2 Å². The topological polar surface area (TPSA) is 84.9 Å². The van der Waals surface area contributed by atoms with Crippen LogP contribution in [0.3, 0.4) is 0 Å². The molecule has 1 aliphatic rings. The van der Waals surface area contributed by atoms with E-state index in [9.17, 15) is 14.4 Å². The molecule has 0 bridgehead atoms. The number of ether oxygens (including phenoxy) is 2. The van der Waals surface area contributed by atoms with Crippen LogP contribution >= 0.6 is 23.4 Å². The summed E-state index contributed by atoms with van der Waals surface area (Å²) in [7, 11) is 3.00. The molecule has 0 atom stereocenters. The Kier molecular flexibility index (Phi) is 6.46. The second-order valence-corrected chi connectivity index (χ2v) is 7.34. The summed E-state index contributed by atoms with van der Waals surface area (Å²) in [6.07, 6.45) is 1.54. The number of hydrogen-bond donors (Lipinski definition) is 1. The third kappa shape index (κ3) is 4.72. The van der Waals surface area contributed by atoms with Gasteiger partial charge in [0.2, 0.25) is 5.91 Å². The number of nitrogens with one attached hydrogen (secondary N) is 1. The minimum Gasteiger partial charge on any atom is -0.493 e. The molecular formula is C20H17ClN2O5S. The van der Waals surface area contributed by atoms with E-state index >= 15 is 0 Å². The number of methoxy groups -OCH3 is 2. The number of halogens is 1. The fourth-order valence-corrected chi connectivity index (χ4v) is 3.64. The van der Waals surface area contributed by atoms with Gasteiger partial charge in [0.15, 0.2) is 11.5 Å². The molecule has 0 aromatic heterocycles. The van der Waals surface area contributed by atoms with Crippen LogP contribution in [0.2, 0.25) is 5.02 Å². The first-order valence-corrected chi connectivity index (χ1v) is 9.64. The van der Waals surface area contributed by atoms with Crippen molar-refractivity contribution in [1.82, 2.24) is 4.90 Å². The van der Waals surface area contributed by atoms with Gasteiger partial charge < -0.3 is 14.8 Å². The van der Waals surface area contributed by atoms with E-state index in [2.05, 4.69) is 5.32 Å². The highest BCUT2D eigenvalue weighted by atomic mass is 35.5. The van der Waals surface area contributed by atoms with Crippen molar-refractivity contribution in [3.63, 3.8) is 0 Å². The lowest BCUT2D eigenvalue weighted by atomic mass is 10.1. The summed E-state index contributed by atoms with van der Waals surface area (Å²) in [4.78, 5) is 38.3. The summed E-state index contributed by atoms with van der Waals surface area (Å²) in [6.45, 7) is -0.389. The molecule has 3 rings (SSSR count). The first-order chi connectivity index (χ1) is 13.9. The Morgan fingerprint density at radius 2 is 1.86 bits per heavy atom. The lowest BCUT2D eigenvalue weighted by molar-refractivity contribution is -0.127. The van der Waals surface area contributed by atoms with Gasteiger partial charge in [-0.2, -0.15) is 0 Å². The van der Waals surface area contributed by atoms with E-state index in [0.29, 0.717) is 27.8 Å². The number of rotatable bonds is 6. The Morgan fingerprint density at radius 3 is 2.52 bits per heavy atom. The Hall–Kier alpha value is -2.97. The third-order valence-corrected chi connectivity index (χ3v) is 5.18. The van der Waals surface area contributed by atoms with E-state index in [4.69, 9.17) is 21.1 Å². The summed E-state index contributed by atoms with van der Waals surface area (Å²) >= 11 is 6.58. The van der Waals surface area contributed by atoms with Crippen LogP contribution in [0.15, 0.2) is 47.4 Å². The van der Waals surface area contributed by atoms with Crippen LogP contribution in [0.25, 0.3) is 6.08 Å². The SMILES string of the molecule is COc1cccc(/C=C2/SC(=O)N(CC(=O)Nc3ccc(Cl)cc3)C2=O)c1OC. The van der Waals surface area contributed by atoms with Gasteiger partial charge in [0, 0.05) is 16.3 Å². The van der Waals surface area contributed by atoms with Crippen LogP contribution in [0.5, 0.6) is 11.5 Å². The number of carbonyl (C=O) groups is 3. The molecule has 2 aromatic rings. The minimum absolute atomic E-state index is 0.195. The maximum absolute atomic E-state index is 12.7. The smallest absolute Gasteiger partial charge is 0.294 e. The van der Waals surface area contributed by atoms with Crippen molar-refractivity contribution in [1.29, 1.82) is 0 Å². The van der Waals surface area contributed by atoms with Gasteiger partial charge in [-0.15, -0.1) is 0 Å². The zero-order valence-electron chi connectivity index (χ0n) is 15.6. The summed E-state index contributed by atoms with van der Waals surface area (Å²) in [5.41, 5.74) is 1.10. The van der Waals surface area contributed by atoms with Gasteiger partial charge in [0.05, 0.1) is 19.1 Å². The summed E-state index contributed by atoms with van der Waals surface area (Å²) in [5, 5.41) is 2.64. The largest absolute Gasteiger partial charge is 0.493 e. The molecule has 1 aliphatic heterocycles. The van der Waals surface area contributed by atoms with Crippen molar-refractivity contribution in [3.05, 3.63) is 58.0 Å². The highest BCUT2D eigenvalue weighted by molar-refractivity contribution is 8.18. The minimum atomic E-state index is -0.545. The number of anilines is 1. The Labute approximate surface area is 176 Å². The first kappa shape index (κ1) is 20.8. The number of hydrogen-bond acceptors (Lipinski definition) is 6. The average molecular weight is 433 g/mol. The van der Waals surface area contributed by atoms with E-state index in [1.807, 2.05) is 0 Å². The second-order valence-electron chi connectivity index (χ2n) is 5.91. The zero-order valence-corrected chi connectivity index (χ0v) is 17.2. The highest BCUT2D eigenvalue weighted by Crippen LogP contribution is 2.37. The highest BCUT2D eigenvalue weighted by Gasteiger charge is 2.36. The van der Waals surface area contributed by atoms with E-state index in [0.717, 1.165) is 16.7 Å². The number of thioether (sulfide) groups is 1. The molecule has 0 saturated carbocycles. The number of nitrogens with zero attached hydrogens (tertiary/aromatic N) is 1. The maximum Gasteiger partial charge on any atom is 0.294 e. The Balaban J connectivity index is 1.75. The molecule has 0 radical (unpaired) electrons. The van der Waals surface area contributed by atoms with Gasteiger partial charge in [-0.1, -0.05) is 23.7 Å². The van der Waals surface area contributed by atoms with E-state index in [-0.39, 0.29) is 11.4 Å². The molecule has 0 unspecified atom stereocenters. The van der Waals surface area contributed by atoms with Gasteiger partial charge in [0.1, 0.15) is 6.54 Å². The van der Waals surface area contributed by atoms with Gasteiger partial charge in [-0.25, -0.2) is 0 Å². The summed E-state index contributed by atoms with van der Waals surface area (Å²) in [5.74, 6) is -0.0870. The molecule has 7 nitrogen and oxygen atoms in total. The lowest BCUT2D eigenvalue weighted by Crippen LogP contribution is -2.36. The number of carbonyl (C=O) groups excluding carboxylic acids is 3. The lowest BCUT2D eigenvalue weighted by Gasteiger charge is -2.12. The predicted octanol–water partition coefficient (Wildman–Crippen LogP) is 4.03. The molecule has 0 spiro atoms. The van der Waals surface area contributed by atoms with Crippen LogP contribution < -0.4 is 14.8 Å². The molecule has 150 valence electrons. The average Bonchev–Trinajstić information content (AvgIpc) is 2.96. The summed E-state index contributed by atoms with van der Waals surface area (Å²) in [6, 6.07) is 11.7. The first-order valence-electron chi connectivity index (χ1n) is 8.44. The predicted molar refractivity (Wildman–Crippen MR) is 112 cm³/mol. The molecule has 1 fully saturated rings. The van der Waals surface area contributed by atoms with Crippen molar-refractivity contribution >= 4 is 52.2 Å². The number of para-hydroxylation sites is 1. The van der Waals surface area contributed by atoms with Crippen LogP contribution in [0.4, 0.5) is 10.5 Å². The molecule has 3 amide bonds. The van der Waals surface area contributed by atoms with Crippen molar-refractivity contribution in [3.8, 4) is 11.5 Å². The van der Waals surface area contributed by atoms with Crippen molar-refractivity contribution in [2.45, 2.75) is 0 Å². The quantitative estimate of drug-likeness (QED) is 0.693. The Morgan fingerprint density at radius 1 is 1.14 bits per heavy atom. The van der Waals surface area contributed by atoms with Crippen molar-refractivity contribution in [2.75, 3.05) is 26.1 Å². The Bertz CT molecular complexity index is 991. The van der Waals surface area contributed by atoms with E-state index < -0.39 is 17.1 Å². The summed E-state index contributed by atoms with van der Waals surface area (Å²) < 4.78 is 10.6. The molecule has 0 aliphatic carbocycles.